The quantitative estimate of drug-likeness (QED) is 0.860. The summed E-state index contributed by atoms with van der Waals surface area (Å²) in [6.45, 7) is 2.10. The Morgan fingerprint density at radius 2 is 2.06 bits per heavy atom. The Labute approximate surface area is 109 Å². The van der Waals surface area contributed by atoms with E-state index in [1.165, 1.54) is 11.8 Å². The molecule has 1 aromatic carbocycles. The zero-order valence-electron chi connectivity index (χ0n) is 10.4. The van der Waals surface area contributed by atoms with Gasteiger partial charge in [0.2, 0.25) is 0 Å². The first-order valence-corrected chi connectivity index (χ1v) is 6.57. The molecule has 0 saturated heterocycles. The minimum atomic E-state index is -0.216. The summed E-state index contributed by atoms with van der Waals surface area (Å²) < 4.78 is 15.8. The van der Waals surface area contributed by atoms with E-state index in [0.717, 1.165) is 11.0 Å². The number of thioether (sulfide) groups is 1. The highest BCUT2D eigenvalue weighted by atomic mass is 32.2. The molecule has 0 amide bonds. The van der Waals surface area contributed by atoms with Crippen molar-refractivity contribution in [3.63, 3.8) is 0 Å². The maximum absolute atomic E-state index is 13.9. The van der Waals surface area contributed by atoms with Crippen LogP contribution in [-0.4, -0.2) is 14.8 Å². The predicted molar refractivity (Wildman–Crippen MR) is 69.6 cm³/mol. The van der Waals surface area contributed by atoms with Gasteiger partial charge in [0.15, 0.2) is 5.16 Å². The van der Waals surface area contributed by atoms with Gasteiger partial charge in [-0.3, -0.25) is 0 Å². The molecule has 0 bridgehead atoms. The van der Waals surface area contributed by atoms with E-state index in [0.29, 0.717) is 16.9 Å². The van der Waals surface area contributed by atoms with Crippen molar-refractivity contribution >= 4 is 11.8 Å². The van der Waals surface area contributed by atoms with Crippen LogP contribution in [0.2, 0.25) is 0 Å². The Kier molecular flexibility index (Phi) is 3.98. The zero-order valence-corrected chi connectivity index (χ0v) is 11.2. The highest BCUT2D eigenvalue weighted by Gasteiger charge is 2.10. The van der Waals surface area contributed by atoms with Crippen LogP contribution in [0.5, 0.6) is 0 Å². The molecule has 0 saturated carbocycles. The normalized spacial score (nSPS) is 10.9. The minimum absolute atomic E-state index is 0.216. The van der Waals surface area contributed by atoms with Gasteiger partial charge >= 0.3 is 0 Å². The number of rotatable bonds is 4. The molecule has 1 aromatic heterocycles. The third kappa shape index (κ3) is 2.54. The number of benzene rings is 1. The van der Waals surface area contributed by atoms with Crippen LogP contribution < -0.4 is 5.73 Å². The number of nitrogens with zero attached hydrogens (tertiary/aromatic N) is 3. The molecule has 0 aliphatic carbocycles. The molecular formula is C12H15FN4S. The van der Waals surface area contributed by atoms with Crippen LogP contribution >= 0.6 is 11.8 Å². The molecule has 6 heteroatoms. The van der Waals surface area contributed by atoms with Gasteiger partial charge in [-0.05, 0) is 12.5 Å². The van der Waals surface area contributed by atoms with E-state index in [2.05, 4.69) is 10.2 Å². The Balaban J connectivity index is 2.13. The van der Waals surface area contributed by atoms with Gasteiger partial charge in [-0.25, -0.2) is 4.39 Å². The maximum Gasteiger partial charge on any atom is 0.191 e. The number of nitrogens with two attached hydrogens (primary N) is 1. The molecule has 2 aromatic rings. The van der Waals surface area contributed by atoms with Crippen molar-refractivity contribution in [2.45, 2.75) is 24.4 Å². The first-order valence-electron chi connectivity index (χ1n) is 5.58. The van der Waals surface area contributed by atoms with Crippen molar-refractivity contribution in [1.82, 2.24) is 14.8 Å². The van der Waals surface area contributed by atoms with E-state index in [1.807, 2.05) is 24.6 Å². The van der Waals surface area contributed by atoms with Crippen LogP contribution in [0, 0.1) is 12.7 Å². The third-order valence-corrected chi connectivity index (χ3v) is 3.86. The largest absolute Gasteiger partial charge is 0.326 e. The smallest absolute Gasteiger partial charge is 0.191 e. The first-order chi connectivity index (χ1) is 8.63. The summed E-state index contributed by atoms with van der Waals surface area (Å²) in [5.41, 5.74) is 6.67. The number of aryl methyl sites for hydroxylation is 1. The Morgan fingerprint density at radius 1 is 1.33 bits per heavy atom. The third-order valence-electron chi connectivity index (χ3n) is 2.79. The lowest BCUT2D eigenvalue weighted by Crippen LogP contribution is -2.02. The molecule has 0 aliphatic heterocycles. The van der Waals surface area contributed by atoms with Crippen molar-refractivity contribution in [2.75, 3.05) is 0 Å². The van der Waals surface area contributed by atoms with Crippen molar-refractivity contribution in [3.05, 3.63) is 41.0 Å². The second-order valence-corrected chi connectivity index (χ2v) is 4.91. The summed E-state index contributed by atoms with van der Waals surface area (Å²) >= 11 is 1.46. The van der Waals surface area contributed by atoms with E-state index in [-0.39, 0.29) is 12.4 Å². The Hall–Kier alpha value is -1.40. The number of aromatic nitrogens is 3. The minimum Gasteiger partial charge on any atom is -0.326 e. The lowest BCUT2D eigenvalue weighted by Gasteiger charge is -2.06. The van der Waals surface area contributed by atoms with E-state index in [1.54, 1.807) is 12.1 Å². The predicted octanol–water partition coefficient (Wildman–Crippen LogP) is 2.01. The fraction of sp³-hybridized carbons (Fsp3) is 0.333. The average molecular weight is 266 g/mol. The van der Waals surface area contributed by atoms with E-state index < -0.39 is 0 Å². The van der Waals surface area contributed by atoms with Crippen molar-refractivity contribution in [1.29, 1.82) is 0 Å². The topological polar surface area (TPSA) is 56.7 Å². The molecule has 1 heterocycles. The highest BCUT2D eigenvalue weighted by molar-refractivity contribution is 7.98. The molecule has 2 rings (SSSR count). The molecular weight excluding hydrogens is 251 g/mol. The van der Waals surface area contributed by atoms with E-state index in [9.17, 15) is 4.39 Å². The summed E-state index contributed by atoms with van der Waals surface area (Å²) in [6.07, 6.45) is 0. The van der Waals surface area contributed by atoms with Gasteiger partial charge in [0.05, 0.1) is 0 Å². The van der Waals surface area contributed by atoms with E-state index in [4.69, 9.17) is 5.73 Å². The summed E-state index contributed by atoms with van der Waals surface area (Å²) in [6, 6.07) is 5.30. The number of hydrogen-bond donors (Lipinski definition) is 1. The van der Waals surface area contributed by atoms with E-state index >= 15 is 0 Å². The molecule has 0 spiro atoms. The summed E-state index contributed by atoms with van der Waals surface area (Å²) in [5, 5.41) is 8.78. The maximum atomic E-state index is 13.9. The first kappa shape index (κ1) is 13.0. The molecule has 96 valence electrons. The van der Waals surface area contributed by atoms with Crippen LogP contribution in [0.4, 0.5) is 4.39 Å². The van der Waals surface area contributed by atoms with Gasteiger partial charge in [-0.15, -0.1) is 10.2 Å². The van der Waals surface area contributed by atoms with Crippen molar-refractivity contribution < 1.29 is 4.39 Å². The van der Waals surface area contributed by atoms with Gasteiger partial charge in [-0.1, -0.05) is 30.0 Å². The molecule has 0 radical (unpaired) electrons. The lowest BCUT2D eigenvalue weighted by molar-refractivity contribution is 0.600. The van der Waals surface area contributed by atoms with Crippen LogP contribution in [0.25, 0.3) is 0 Å². The van der Waals surface area contributed by atoms with Crippen LogP contribution in [0.3, 0.4) is 0 Å². The van der Waals surface area contributed by atoms with Gasteiger partial charge in [0.25, 0.3) is 0 Å². The Morgan fingerprint density at radius 3 is 2.67 bits per heavy atom. The fourth-order valence-corrected chi connectivity index (χ4v) is 2.49. The lowest BCUT2D eigenvalue weighted by atomic mass is 10.1. The van der Waals surface area contributed by atoms with Gasteiger partial charge in [0, 0.05) is 24.9 Å². The SMILES string of the molecule is Cc1nnc(SCc2cccc(CN)c2F)n1C. The van der Waals surface area contributed by atoms with Crippen LogP contribution in [0.1, 0.15) is 17.0 Å². The second kappa shape index (κ2) is 5.49. The number of halogens is 1. The van der Waals surface area contributed by atoms with Crippen molar-refractivity contribution in [2.24, 2.45) is 12.8 Å². The second-order valence-electron chi connectivity index (χ2n) is 3.97. The van der Waals surface area contributed by atoms with Gasteiger partial charge in [0.1, 0.15) is 11.6 Å². The Bertz CT molecular complexity index is 553. The van der Waals surface area contributed by atoms with Crippen LogP contribution in [-0.2, 0) is 19.3 Å². The summed E-state index contributed by atoms with van der Waals surface area (Å²) in [7, 11) is 1.89. The zero-order chi connectivity index (χ0) is 13.1. The molecule has 0 fully saturated rings. The average Bonchev–Trinajstić information content (AvgIpc) is 2.69. The number of hydrogen-bond acceptors (Lipinski definition) is 4. The van der Waals surface area contributed by atoms with Gasteiger partial charge in [-0.2, -0.15) is 0 Å². The monoisotopic (exact) mass is 266 g/mol. The highest BCUT2D eigenvalue weighted by Crippen LogP contribution is 2.23. The molecule has 4 nitrogen and oxygen atoms in total. The molecule has 0 unspecified atom stereocenters. The molecule has 18 heavy (non-hydrogen) atoms. The van der Waals surface area contributed by atoms with Gasteiger partial charge < -0.3 is 10.3 Å². The molecule has 0 aliphatic rings. The fourth-order valence-electron chi connectivity index (χ4n) is 1.56. The summed E-state index contributed by atoms with van der Waals surface area (Å²) in [5.74, 6) is 1.14. The molecule has 0 atom stereocenters. The van der Waals surface area contributed by atoms with Crippen LogP contribution in [0.15, 0.2) is 23.4 Å². The summed E-state index contributed by atoms with van der Waals surface area (Å²) in [4.78, 5) is 0. The standard InChI is InChI=1S/C12H15FN4S/c1-8-15-16-12(17(8)2)18-7-10-5-3-4-9(6-14)11(10)13/h3-5H,6-7,14H2,1-2H3. The van der Waals surface area contributed by atoms with Crippen molar-refractivity contribution in [3.8, 4) is 0 Å². The molecule has 2 N–H and O–H groups in total.